The molecule has 0 radical (unpaired) electrons. The highest BCUT2D eigenvalue weighted by atomic mass is 79.9. The number of rotatable bonds is 1. The van der Waals surface area contributed by atoms with Gasteiger partial charge in [0.05, 0.1) is 5.02 Å². The number of aromatic nitrogens is 1. The fourth-order valence-electron chi connectivity index (χ4n) is 0.865. The van der Waals surface area contributed by atoms with Crippen LogP contribution in [0.25, 0.3) is 0 Å². The average Bonchev–Trinajstić information content (AvgIpc) is 2.09. The van der Waals surface area contributed by atoms with E-state index in [4.69, 9.17) is 11.6 Å². The van der Waals surface area contributed by atoms with Gasteiger partial charge in [-0.2, -0.15) is 0 Å². The van der Waals surface area contributed by atoms with Crippen molar-refractivity contribution in [2.24, 2.45) is 0 Å². The van der Waals surface area contributed by atoms with E-state index in [0.29, 0.717) is 5.02 Å². The SMILES string of the molecule is Cc1cc(Cl)cnc1C#CCCBr. The van der Waals surface area contributed by atoms with E-state index in [2.05, 4.69) is 32.8 Å². The predicted molar refractivity (Wildman–Crippen MR) is 59.3 cm³/mol. The maximum Gasteiger partial charge on any atom is 0.116 e. The summed E-state index contributed by atoms with van der Waals surface area (Å²) in [5, 5.41) is 1.55. The maximum absolute atomic E-state index is 5.76. The van der Waals surface area contributed by atoms with E-state index in [-0.39, 0.29) is 0 Å². The van der Waals surface area contributed by atoms with Crippen LogP contribution in [0.3, 0.4) is 0 Å². The second-order valence-corrected chi connectivity index (χ2v) is 3.79. The summed E-state index contributed by atoms with van der Waals surface area (Å²) >= 11 is 9.07. The highest BCUT2D eigenvalue weighted by Gasteiger charge is 1.95. The molecule has 0 aliphatic heterocycles. The lowest BCUT2D eigenvalue weighted by Crippen LogP contribution is -1.86. The molecular weight excluding hydrogens is 249 g/mol. The molecule has 0 unspecified atom stereocenters. The third-order valence-corrected chi connectivity index (χ3v) is 2.07. The summed E-state index contributed by atoms with van der Waals surface area (Å²) in [6, 6.07) is 1.87. The van der Waals surface area contributed by atoms with Gasteiger partial charge in [0.1, 0.15) is 5.69 Å². The number of hydrogen-bond donors (Lipinski definition) is 0. The zero-order valence-corrected chi connectivity index (χ0v) is 9.61. The van der Waals surface area contributed by atoms with Crippen molar-refractivity contribution in [2.75, 3.05) is 5.33 Å². The molecule has 1 aromatic rings. The lowest BCUT2D eigenvalue weighted by Gasteiger charge is -1.96. The molecule has 13 heavy (non-hydrogen) atoms. The highest BCUT2D eigenvalue weighted by Crippen LogP contribution is 2.10. The van der Waals surface area contributed by atoms with E-state index in [1.165, 1.54) is 0 Å². The first kappa shape index (κ1) is 10.6. The summed E-state index contributed by atoms with van der Waals surface area (Å²) in [5.41, 5.74) is 1.83. The molecule has 0 saturated carbocycles. The standard InChI is InChI=1S/C10H9BrClN/c1-8-6-9(12)7-13-10(8)4-2-3-5-11/h6-7H,3,5H2,1H3. The number of aryl methyl sites for hydroxylation is 1. The first-order chi connectivity index (χ1) is 6.24. The first-order valence-electron chi connectivity index (χ1n) is 3.91. The molecule has 68 valence electrons. The second-order valence-electron chi connectivity index (χ2n) is 2.56. The number of halogens is 2. The van der Waals surface area contributed by atoms with Crippen molar-refractivity contribution in [1.82, 2.24) is 4.98 Å². The summed E-state index contributed by atoms with van der Waals surface area (Å²) in [5.74, 6) is 6.00. The first-order valence-corrected chi connectivity index (χ1v) is 5.41. The van der Waals surface area contributed by atoms with Gasteiger partial charge in [-0.1, -0.05) is 33.5 Å². The Kier molecular flexibility index (Phi) is 4.27. The van der Waals surface area contributed by atoms with Gasteiger partial charge in [-0.3, -0.25) is 0 Å². The molecule has 0 saturated heterocycles. The molecule has 3 heteroatoms. The molecule has 0 aliphatic carbocycles. The Hall–Kier alpha value is -0.520. The molecule has 0 spiro atoms. The fourth-order valence-corrected chi connectivity index (χ4v) is 1.28. The van der Waals surface area contributed by atoms with Crippen molar-refractivity contribution in [1.29, 1.82) is 0 Å². The normalized spacial score (nSPS) is 9.15. The van der Waals surface area contributed by atoms with E-state index < -0.39 is 0 Å². The fraction of sp³-hybridized carbons (Fsp3) is 0.300. The topological polar surface area (TPSA) is 12.9 Å². The van der Waals surface area contributed by atoms with Crippen LogP contribution in [0.4, 0.5) is 0 Å². The van der Waals surface area contributed by atoms with E-state index in [0.717, 1.165) is 23.0 Å². The molecule has 0 N–H and O–H groups in total. The Labute approximate surface area is 91.6 Å². The maximum atomic E-state index is 5.76. The molecule has 0 atom stereocenters. The second kappa shape index (κ2) is 5.26. The molecule has 0 amide bonds. The lowest BCUT2D eigenvalue weighted by atomic mass is 10.2. The Bertz CT molecular complexity index is 352. The minimum atomic E-state index is 0.656. The van der Waals surface area contributed by atoms with Crippen LogP contribution in [0.2, 0.25) is 5.02 Å². The molecule has 0 fully saturated rings. The van der Waals surface area contributed by atoms with Crippen molar-refractivity contribution in [3.05, 3.63) is 28.5 Å². The third kappa shape index (κ3) is 3.38. The highest BCUT2D eigenvalue weighted by molar-refractivity contribution is 9.09. The third-order valence-electron chi connectivity index (χ3n) is 1.47. The molecular formula is C10H9BrClN. The molecule has 1 rings (SSSR count). The van der Waals surface area contributed by atoms with Gasteiger partial charge >= 0.3 is 0 Å². The van der Waals surface area contributed by atoms with Crippen molar-refractivity contribution < 1.29 is 0 Å². The van der Waals surface area contributed by atoms with Gasteiger partial charge in [0, 0.05) is 17.9 Å². The quantitative estimate of drug-likeness (QED) is 0.557. The Morgan fingerprint density at radius 3 is 3.00 bits per heavy atom. The molecule has 0 bridgehead atoms. The summed E-state index contributed by atoms with van der Waals surface area (Å²) in [6.45, 7) is 1.96. The summed E-state index contributed by atoms with van der Waals surface area (Å²) in [7, 11) is 0. The van der Waals surface area contributed by atoms with Crippen LogP contribution in [-0.4, -0.2) is 10.3 Å². The number of pyridine rings is 1. The number of nitrogens with zero attached hydrogens (tertiary/aromatic N) is 1. The van der Waals surface area contributed by atoms with Crippen molar-refractivity contribution in [3.63, 3.8) is 0 Å². The van der Waals surface area contributed by atoms with Crippen LogP contribution in [-0.2, 0) is 0 Å². The zero-order chi connectivity index (χ0) is 9.68. The molecule has 0 aromatic carbocycles. The van der Waals surface area contributed by atoms with Crippen molar-refractivity contribution in [3.8, 4) is 11.8 Å². The van der Waals surface area contributed by atoms with Crippen molar-refractivity contribution >= 4 is 27.5 Å². The van der Waals surface area contributed by atoms with Crippen LogP contribution >= 0.6 is 27.5 Å². The van der Waals surface area contributed by atoms with Gasteiger partial charge in [-0.05, 0) is 24.5 Å². The monoisotopic (exact) mass is 257 g/mol. The molecule has 0 aliphatic rings. The predicted octanol–water partition coefficient (Wildman–Crippen LogP) is 3.18. The lowest BCUT2D eigenvalue weighted by molar-refractivity contribution is 1.22. The Morgan fingerprint density at radius 1 is 1.62 bits per heavy atom. The smallest absolute Gasteiger partial charge is 0.116 e. The van der Waals surface area contributed by atoms with Gasteiger partial charge < -0.3 is 0 Å². The van der Waals surface area contributed by atoms with Gasteiger partial charge in [0.15, 0.2) is 0 Å². The Morgan fingerprint density at radius 2 is 2.38 bits per heavy atom. The van der Waals surface area contributed by atoms with Crippen LogP contribution in [0.1, 0.15) is 17.7 Å². The van der Waals surface area contributed by atoms with Crippen LogP contribution in [0.15, 0.2) is 12.3 Å². The largest absolute Gasteiger partial charge is 0.246 e. The average molecular weight is 259 g/mol. The van der Waals surface area contributed by atoms with Crippen molar-refractivity contribution in [2.45, 2.75) is 13.3 Å². The minimum absolute atomic E-state index is 0.656. The van der Waals surface area contributed by atoms with Gasteiger partial charge in [0.2, 0.25) is 0 Å². The van der Waals surface area contributed by atoms with E-state index in [1.54, 1.807) is 6.20 Å². The van der Waals surface area contributed by atoms with Gasteiger partial charge in [-0.25, -0.2) is 4.98 Å². The van der Waals surface area contributed by atoms with E-state index >= 15 is 0 Å². The van der Waals surface area contributed by atoms with E-state index in [9.17, 15) is 0 Å². The minimum Gasteiger partial charge on any atom is -0.246 e. The Balaban J connectivity index is 2.85. The van der Waals surface area contributed by atoms with Crippen LogP contribution in [0, 0.1) is 18.8 Å². The summed E-state index contributed by atoms with van der Waals surface area (Å²) in [4.78, 5) is 4.13. The van der Waals surface area contributed by atoms with Gasteiger partial charge in [-0.15, -0.1) is 0 Å². The number of alkyl halides is 1. The number of hydrogen-bond acceptors (Lipinski definition) is 1. The van der Waals surface area contributed by atoms with Crippen LogP contribution < -0.4 is 0 Å². The summed E-state index contributed by atoms with van der Waals surface area (Å²) in [6.07, 6.45) is 2.45. The van der Waals surface area contributed by atoms with Crippen LogP contribution in [0.5, 0.6) is 0 Å². The zero-order valence-electron chi connectivity index (χ0n) is 7.27. The molecule has 1 nitrogen and oxygen atoms in total. The van der Waals surface area contributed by atoms with Gasteiger partial charge in [0.25, 0.3) is 0 Å². The summed E-state index contributed by atoms with van der Waals surface area (Å²) < 4.78 is 0. The molecule has 1 aromatic heterocycles. The molecule has 1 heterocycles. The van der Waals surface area contributed by atoms with E-state index in [1.807, 2.05) is 13.0 Å².